The molecule has 12 heteroatoms. The van der Waals surface area contributed by atoms with Crippen molar-refractivity contribution in [2.75, 3.05) is 26.3 Å². The number of nitrogens with one attached hydrogen (secondary N) is 1. The molecular weight excluding hydrogens is 534 g/mol. The van der Waals surface area contributed by atoms with Crippen LogP contribution in [0, 0.1) is 0 Å². The lowest BCUT2D eigenvalue weighted by Gasteiger charge is -2.15. The first-order chi connectivity index (χ1) is 19.3. The van der Waals surface area contributed by atoms with Crippen LogP contribution in [0.25, 0.3) is 6.08 Å². The Morgan fingerprint density at radius 2 is 1.95 bits per heavy atom. The third-order valence-electron chi connectivity index (χ3n) is 5.43. The van der Waals surface area contributed by atoms with E-state index in [4.69, 9.17) is 21.1 Å². The van der Waals surface area contributed by atoms with Gasteiger partial charge in [0.2, 0.25) is 6.41 Å². The van der Waals surface area contributed by atoms with Crippen molar-refractivity contribution >= 4 is 40.9 Å². The van der Waals surface area contributed by atoms with E-state index in [-0.39, 0.29) is 30.2 Å². The van der Waals surface area contributed by atoms with Gasteiger partial charge in [0.25, 0.3) is 0 Å². The Morgan fingerprint density at radius 3 is 2.65 bits per heavy atom. The number of amides is 1. The number of hydrogen-bond acceptors (Lipinski definition) is 11. The fourth-order valence-electron chi connectivity index (χ4n) is 3.57. The molecule has 3 rings (SSSR count). The van der Waals surface area contributed by atoms with Gasteiger partial charge in [0.05, 0.1) is 30.4 Å². The van der Waals surface area contributed by atoms with Crippen molar-refractivity contribution in [2.45, 2.75) is 19.8 Å². The molecule has 40 heavy (non-hydrogen) atoms. The molecule has 0 saturated carbocycles. The molecule has 1 heterocycles. The van der Waals surface area contributed by atoms with E-state index in [1.54, 1.807) is 43.5 Å². The van der Waals surface area contributed by atoms with E-state index in [0.717, 1.165) is 11.8 Å². The van der Waals surface area contributed by atoms with Crippen molar-refractivity contribution in [3.05, 3.63) is 82.2 Å². The molecule has 0 spiro atoms. The minimum Gasteiger partial charge on any atom is -0.506 e. The van der Waals surface area contributed by atoms with Crippen LogP contribution < -0.4 is 21.6 Å². The van der Waals surface area contributed by atoms with Crippen LogP contribution in [-0.2, 0) is 14.3 Å². The number of nitrogens with zero attached hydrogens (tertiary/aromatic N) is 2. The van der Waals surface area contributed by atoms with Crippen LogP contribution in [0.5, 0.6) is 11.5 Å². The molecule has 0 aliphatic carbocycles. The van der Waals surface area contributed by atoms with Crippen LogP contribution in [0.3, 0.4) is 0 Å². The van der Waals surface area contributed by atoms with Gasteiger partial charge in [-0.05, 0) is 55.7 Å². The first kappa shape index (κ1) is 30.1. The number of rotatable bonds is 14. The van der Waals surface area contributed by atoms with E-state index in [0.29, 0.717) is 65.0 Å². The summed E-state index contributed by atoms with van der Waals surface area (Å²) in [5.41, 5.74) is 7.40. The van der Waals surface area contributed by atoms with Gasteiger partial charge in [-0.15, -0.1) is 0 Å². The Morgan fingerprint density at radius 1 is 1.18 bits per heavy atom. The van der Waals surface area contributed by atoms with Gasteiger partial charge in [-0.25, -0.2) is 15.6 Å². The second-order valence-electron chi connectivity index (χ2n) is 8.53. The third kappa shape index (κ3) is 8.82. The van der Waals surface area contributed by atoms with Crippen molar-refractivity contribution in [2.24, 2.45) is 16.6 Å². The lowest BCUT2D eigenvalue weighted by molar-refractivity contribution is -0.138. The van der Waals surface area contributed by atoms with E-state index in [1.807, 2.05) is 18.2 Å². The highest BCUT2D eigenvalue weighted by molar-refractivity contribution is 8.18. The number of aliphatic imine (C=N–C) groups is 1. The molecule has 0 bridgehead atoms. The van der Waals surface area contributed by atoms with Crippen LogP contribution in [0.15, 0.2) is 81.7 Å². The Kier molecular flexibility index (Phi) is 11.5. The molecule has 1 amide bonds. The predicted molar refractivity (Wildman–Crippen MR) is 155 cm³/mol. The highest BCUT2D eigenvalue weighted by atomic mass is 32.2. The maximum Gasteiger partial charge on any atom is 0.344 e. The number of phenolic OH excluding ortho intramolecular Hbond substituents is 1. The number of hydrogen-bond donors (Lipinski definition) is 5. The highest BCUT2D eigenvalue weighted by Gasteiger charge is 2.33. The van der Waals surface area contributed by atoms with Crippen molar-refractivity contribution in [3.63, 3.8) is 0 Å². The molecule has 212 valence electrons. The number of aliphatic hydroxyl groups is 1. The van der Waals surface area contributed by atoms with Gasteiger partial charge in [0.1, 0.15) is 16.4 Å². The molecule has 7 N–H and O–H groups in total. The van der Waals surface area contributed by atoms with Crippen LogP contribution in [0.2, 0.25) is 0 Å². The minimum absolute atomic E-state index is 0.00187. The molecule has 0 unspecified atom stereocenters. The number of hydrazine groups is 1. The maximum atomic E-state index is 12.6. The molecule has 2 aromatic carbocycles. The molecule has 0 fully saturated rings. The Labute approximate surface area is 236 Å². The number of nitrogens with two attached hydrogens (primary N) is 2. The number of carbonyl (C=O) groups is 2. The largest absolute Gasteiger partial charge is 0.506 e. The van der Waals surface area contributed by atoms with Gasteiger partial charge in [0, 0.05) is 18.4 Å². The zero-order chi connectivity index (χ0) is 28.9. The van der Waals surface area contributed by atoms with Crippen molar-refractivity contribution < 1.29 is 29.3 Å². The highest BCUT2D eigenvalue weighted by Crippen LogP contribution is 2.41. The van der Waals surface area contributed by atoms with Crippen molar-refractivity contribution in [3.8, 4) is 11.5 Å². The zero-order valence-electron chi connectivity index (χ0n) is 22.1. The van der Waals surface area contributed by atoms with E-state index >= 15 is 0 Å². The van der Waals surface area contributed by atoms with Crippen LogP contribution >= 0.6 is 11.8 Å². The number of aromatic hydroxyl groups is 1. The normalized spacial score (nSPS) is 15.4. The van der Waals surface area contributed by atoms with E-state index < -0.39 is 5.97 Å². The molecule has 0 aromatic heterocycles. The van der Waals surface area contributed by atoms with Gasteiger partial charge in [-0.1, -0.05) is 36.0 Å². The van der Waals surface area contributed by atoms with Crippen molar-refractivity contribution in [1.29, 1.82) is 0 Å². The number of aliphatic hydroxyl groups excluding tert-OH is 1. The summed E-state index contributed by atoms with van der Waals surface area (Å²) in [5.74, 6) is 5.21. The van der Waals surface area contributed by atoms with Gasteiger partial charge >= 0.3 is 5.97 Å². The molecule has 1 aliphatic heterocycles. The number of unbranched alkanes of at least 4 members (excludes halogenated alkanes) is 1. The Bertz CT molecular complexity index is 1310. The molecule has 1 aliphatic rings. The van der Waals surface area contributed by atoms with Gasteiger partial charge < -0.3 is 35.7 Å². The predicted octanol–water partition coefficient (Wildman–Crippen LogP) is 3.47. The van der Waals surface area contributed by atoms with Gasteiger partial charge in [0.15, 0.2) is 11.5 Å². The van der Waals surface area contributed by atoms with Crippen LogP contribution in [-0.4, -0.2) is 58.9 Å². The summed E-state index contributed by atoms with van der Waals surface area (Å²) in [6.45, 7) is 2.95. The Balaban J connectivity index is 1.63. The summed E-state index contributed by atoms with van der Waals surface area (Å²) in [6.07, 6.45) is 5.15. The molecule has 11 nitrogen and oxygen atoms in total. The minimum atomic E-state index is -0.663. The third-order valence-corrected chi connectivity index (χ3v) is 6.45. The fraction of sp³-hybridized carbons (Fsp3) is 0.250. The first-order valence-corrected chi connectivity index (χ1v) is 13.4. The summed E-state index contributed by atoms with van der Waals surface area (Å²) >= 11 is 1.14. The summed E-state index contributed by atoms with van der Waals surface area (Å²) in [4.78, 5) is 27.8. The van der Waals surface area contributed by atoms with Crippen LogP contribution in [0.1, 0.15) is 25.3 Å². The number of phenols is 1. The standard InChI is InChI=1S/C28H33N5O6S/c1-2-38-28(37)25-26(36)24(40-27(25)32-21-8-4-3-5-9-21)15-19-10-11-23(22(35)14-19)39-13-7-6-12-33(30)17-20(29)16-31-18-34/h3-5,8-11,14-15,17-18,35-36H,2,6-7,12-13,16,29-30H2,1H3,(H,31,34)/b20-17-,24-15-,32-27?. The van der Waals surface area contributed by atoms with Crippen LogP contribution in [0.4, 0.5) is 5.69 Å². The second-order valence-corrected chi connectivity index (χ2v) is 9.56. The smallest absolute Gasteiger partial charge is 0.344 e. The molecule has 0 radical (unpaired) electrons. The molecule has 0 atom stereocenters. The quantitative estimate of drug-likeness (QED) is 0.0748. The lowest BCUT2D eigenvalue weighted by atomic mass is 10.1. The Hall–Kier alpha value is -4.42. The van der Waals surface area contributed by atoms with Gasteiger partial charge in [-0.3, -0.25) is 4.79 Å². The summed E-state index contributed by atoms with van der Waals surface area (Å²) in [6, 6.07) is 14.0. The molecular formula is C28H33N5O6S. The zero-order valence-corrected chi connectivity index (χ0v) is 22.9. The van der Waals surface area contributed by atoms with E-state index in [1.165, 1.54) is 11.1 Å². The monoisotopic (exact) mass is 567 g/mol. The average Bonchev–Trinajstić information content (AvgIpc) is 3.23. The summed E-state index contributed by atoms with van der Waals surface area (Å²) in [5, 5.41) is 25.6. The van der Waals surface area contributed by atoms with Crippen molar-refractivity contribution in [1.82, 2.24) is 10.3 Å². The number of esters is 1. The second kappa shape index (κ2) is 15.2. The first-order valence-electron chi connectivity index (χ1n) is 12.6. The lowest BCUT2D eigenvalue weighted by Crippen LogP contribution is -2.30. The summed E-state index contributed by atoms with van der Waals surface area (Å²) < 4.78 is 10.8. The molecule has 0 saturated heterocycles. The number of benzene rings is 2. The SMILES string of the molecule is CCOC(=O)C1=C(O)/C(=C/c2ccc(OCCCCN(N)/C=C(\N)CNC=O)c(O)c2)SC1=Nc1ccccc1. The van der Waals surface area contributed by atoms with E-state index in [2.05, 4.69) is 10.3 Å². The molecule has 2 aromatic rings. The summed E-state index contributed by atoms with van der Waals surface area (Å²) in [7, 11) is 0. The number of thioether (sulfide) groups is 1. The number of ether oxygens (including phenoxy) is 2. The maximum absolute atomic E-state index is 12.6. The van der Waals surface area contributed by atoms with Gasteiger partial charge in [-0.2, -0.15) is 0 Å². The number of carbonyl (C=O) groups excluding carboxylic acids is 2. The fourth-order valence-corrected chi connectivity index (χ4v) is 4.61. The average molecular weight is 568 g/mol. The topological polar surface area (TPSA) is 173 Å². The van der Waals surface area contributed by atoms with E-state index in [9.17, 15) is 19.8 Å². The number of para-hydroxylation sites is 1.